The summed E-state index contributed by atoms with van der Waals surface area (Å²) in [6.07, 6.45) is 0.163. The standard InChI is InChI=1S/C13H16ClNO4/c1-18-7-19-10-6-5-8-3-2-4-9(14)11(8)12(10)15-13(16)17/h2-4,10,12,15H,5-7H2,1H3,(H,16,17)/t10-,12-/m0/s1. The molecule has 6 heteroatoms. The molecule has 1 aliphatic rings. The number of hydrogen-bond donors (Lipinski definition) is 2. The molecule has 0 aromatic heterocycles. The third-order valence-electron chi connectivity index (χ3n) is 3.20. The van der Waals surface area contributed by atoms with Crippen LogP contribution in [0, 0.1) is 0 Å². The minimum absolute atomic E-state index is 0.127. The molecule has 0 saturated carbocycles. The van der Waals surface area contributed by atoms with Crippen LogP contribution in [-0.2, 0) is 15.9 Å². The smallest absolute Gasteiger partial charge is 0.405 e. The molecule has 19 heavy (non-hydrogen) atoms. The fourth-order valence-electron chi connectivity index (χ4n) is 2.43. The van der Waals surface area contributed by atoms with Crippen molar-refractivity contribution in [1.29, 1.82) is 0 Å². The van der Waals surface area contributed by atoms with E-state index in [9.17, 15) is 4.79 Å². The van der Waals surface area contributed by atoms with Crippen molar-refractivity contribution in [3.8, 4) is 0 Å². The SMILES string of the molecule is COCO[C@H]1CCc2cccc(Cl)c2[C@H]1NC(=O)O. The number of aryl methyl sites for hydroxylation is 1. The average molecular weight is 286 g/mol. The number of carboxylic acid groups (broad SMARTS) is 1. The number of halogens is 1. The molecule has 2 rings (SSSR count). The van der Waals surface area contributed by atoms with Crippen molar-refractivity contribution in [3.63, 3.8) is 0 Å². The first-order chi connectivity index (χ1) is 9.13. The largest absolute Gasteiger partial charge is 0.465 e. The summed E-state index contributed by atoms with van der Waals surface area (Å²) in [6, 6.07) is 5.12. The van der Waals surface area contributed by atoms with E-state index in [-0.39, 0.29) is 12.9 Å². The lowest BCUT2D eigenvalue weighted by Crippen LogP contribution is -2.40. The Morgan fingerprint density at radius 1 is 1.58 bits per heavy atom. The Hall–Kier alpha value is -1.30. The van der Waals surface area contributed by atoms with Gasteiger partial charge in [-0.15, -0.1) is 0 Å². The molecule has 5 nitrogen and oxygen atoms in total. The molecule has 0 fully saturated rings. The molecule has 104 valence electrons. The van der Waals surface area contributed by atoms with E-state index in [1.807, 2.05) is 12.1 Å². The van der Waals surface area contributed by atoms with Gasteiger partial charge in [0.05, 0.1) is 12.1 Å². The van der Waals surface area contributed by atoms with Crippen LogP contribution in [0.1, 0.15) is 23.6 Å². The summed E-state index contributed by atoms with van der Waals surface area (Å²) in [6.45, 7) is 0.127. The summed E-state index contributed by atoms with van der Waals surface area (Å²) in [7, 11) is 1.53. The molecule has 2 N–H and O–H groups in total. The lowest BCUT2D eigenvalue weighted by Gasteiger charge is -2.33. The van der Waals surface area contributed by atoms with Crippen LogP contribution in [-0.4, -0.2) is 31.2 Å². The second-order valence-corrected chi connectivity index (χ2v) is 4.80. The number of amides is 1. The van der Waals surface area contributed by atoms with Gasteiger partial charge in [-0.05, 0) is 30.0 Å². The van der Waals surface area contributed by atoms with Crippen molar-refractivity contribution >= 4 is 17.7 Å². The van der Waals surface area contributed by atoms with Crippen LogP contribution in [0.25, 0.3) is 0 Å². The van der Waals surface area contributed by atoms with E-state index in [0.29, 0.717) is 5.02 Å². The predicted octanol–water partition coefficient (Wildman–Crippen LogP) is 2.58. The van der Waals surface area contributed by atoms with Crippen LogP contribution in [0.3, 0.4) is 0 Å². The molecule has 0 heterocycles. The summed E-state index contributed by atoms with van der Waals surface area (Å²) >= 11 is 6.20. The molecule has 1 aliphatic carbocycles. The van der Waals surface area contributed by atoms with Gasteiger partial charge in [-0.3, -0.25) is 0 Å². The minimum Gasteiger partial charge on any atom is -0.465 e. The molecule has 2 atom stereocenters. The first-order valence-electron chi connectivity index (χ1n) is 6.00. The van der Waals surface area contributed by atoms with Crippen molar-refractivity contribution < 1.29 is 19.4 Å². The lowest BCUT2D eigenvalue weighted by atomic mass is 9.85. The maximum absolute atomic E-state index is 11.0. The zero-order chi connectivity index (χ0) is 13.8. The van der Waals surface area contributed by atoms with E-state index in [0.717, 1.165) is 24.0 Å². The normalized spacial score (nSPS) is 21.8. The van der Waals surface area contributed by atoms with Gasteiger partial charge in [0, 0.05) is 12.1 Å². The number of hydrogen-bond acceptors (Lipinski definition) is 3. The number of fused-ring (bicyclic) bond motifs is 1. The van der Waals surface area contributed by atoms with Gasteiger partial charge in [0.2, 0.25) is 0 Å². The quantitative estimate of drug-likeness (QED) is 0.835. The molecule has 0 unspecified atom stereocenters. The zero-order valence-corrected chi connectivity index (χ0v) is 11.3. The topological polar surface area (TPSA) is 67.8 Å². The van der Waals surface area contributed by atoms with E-state index >= 15 is 0 Å². The highest BCUT2D eigenvalue weighted by Gasteiger charge is 2.33. The summed E-state index contributed by atoms with van der Waals surface area (Å²) in [5.74, 6) is 0. The van der Waals surface area contributed by atoms with Gasteiger partial charge >= 0.3 is 6.09 Å². The van der Waals surface area contributed by atoms with E-state index in [2.05, 4.69) is 5.32 Å². The molecule has 0 aliphatic heterocycles. The number of ether oxygens (including phenoxy) is 2. The van der Waals surface area contributed by atoms with Crippen molar-refractivity contribution in [2.24, 2.45) is 0 Å². The average Bonchev–Trinajstić information content (AvgIpc) is 2.37. The molecule has 0 radical (unpaired) electrons. The molecule has 1 aromatic rings. The summed E-state index contributed by atoms with van der Waals surface area (Å²) < 4.78 is 10.4. The Labute approximate surface area is 116 Å². The van der Waals surface area contributed by atoms with Gasteiger partial charge in [0.25, 0.3) is 0 Å². The third kappa shape index (κ3) is 3.18. The molecule has 0 bridgehead atoms. The van der Waals surface area contributed by atoms with Crippen LogP contribution >= 0.6 is 11.6 Å². The van der Waals surface area contributed by atoms with E-state index in [1.165, 1.54) is 7.11 Å². The van der Waals surface area contributed by atoms with Crippen LogP contribution in [0.2, 0.25) is 5.02 Å². The molecule has 0 saturated heterocycles. The molecular weight excluding hydrogens is 270 g/mol. The molecule has 1 aromatic carbocycles. The fourth-order valence-corrected chi connectivity index (χ4v) is 2.74. The van der Waals surface area contributed by atoms with Crippen LogP contribution < -0.4 is 5.32 Å². The number of methoxy groups -OCH3 is 1. The highest BCUT2D eigenvalue weighted by molar-refractivity contribution is 6.31. The molecular formula is C13H16ClNO4. The number of carbonyl (C=O) groups is 1. The minimum atomic E-state index is -1.09. The summed E-state index contributed by atoms with van der Waals surface area (Å²) in [5, 5.41) is 12.0. The van der Waals surface area contributed by atoms with Gasteiger partial charge in [-0.2, -0.15) is 0 Å². The summed E-state index contributed by atoms with van der Waals surface area (Å²) in [4.78, 5) is 11.0. The first kappa shape index (κ1) is 14.1. The zero-order valence-electron chi connectivity index (χ0n) is 10.6. The fraction of sp³-hybridized carbons (Fsp3) is 0.462. The Balaban J connectivity index is 2.31. The highest BCUT2D eigenvalue weighted by Crippen LogP contribution is 2.36. The van der Waals surface area contributed by atoms with Crippen LogP contribution in [0.15, 0.2) is 18.2 Å². The van der Waals surface area contributed by atoms with Gasteiger partial charge in [0.15, 0.2) is 0 Å². The van der Waals surface area contributed by atoms with Gasteiger partial charge in [-0.25, -0.2) is 4.79 Å². The Morgan fingerprint density at radius 3 is 3.05 bits per heavy atom. The van der Waals surface area contributed by atoms with Crippen LogP contribution in [0.5, 0.6) is 0 Å². The maximum atomic E-state index is 11.0. The number of benzene rings is 1. The second kappa shape index (κ2) is 6.23. The van der Waals surface area contributed by atoms with E-state index in [1.54, 1.807) is 6.07 Å². The van der Waals surface area contributed by atoms with Crippen molar-refractivity contribution in [3.05, 3.63) is 34.3 Å². The number of nitrogens with one attached hydrogen (secondary N) is 1. The van der Waals surface area contributed by atoms with Crippen molar-refractivity contribution in [2.45, 2.75) is 25.0 Å². The second-order valence-electron chi connectivity index (χ2n) is 4.39. The maximum Gasteiger partial charge on any atom is 0.405 e. The Bertz CT molecular complexity index is 466. The van der Waals surface area contributed by atoms with Crippen LogP contribution in [0.4, 0.5) is 4.79 Å². The Kier molecular flexibility index (Phi) is 4.63. The predicted molar refractivity (Wildman–Crippen MR) is 70.4 cm³/mol. The lowest BCUT2D eigenvalue weighted by molar-refractivity contribution is -0.0877. The summed E-state index contributed by atoms with van der Waals surface area (Å²) in [5.41, 5.74) is 1.86. The monoisotopic (exact) mass is 285 g/mol. The Morgan fingerprint density at radius 2 is 2.37 bits per heavy atom. The van der Waals surface area contributed by atoms with E-state index < -0.39 is 12.1 Å². The van der Waals surface area contributed by atoms with Crippen molar-refractivity contribution in [2.75, 3.05) is 13.9 Å². The van der Waals surface area contributed by atoms with Crippen molar-refractivity contribution in [1.82, 2.24) is 5.32 Å². The first-order valence-corrected chi connectivity index (χ1v) is 6.38. The van der Waals surface area contributed by atoms with Gasteiger partial charge < -0.3 is 19.9 Å². The van der Waals surface area contributed by atoms with Gasteiger partial charge in [0.1, 0.15) is 6.79 Å². The van der Waals surface area contributed by atoms with Gasteiger partial charge in [-0.1, -0.05) is 23.7 Å². The molecule has 1 amide bonds. The highest BCUT2D eigenvalue weighted by atomic mass is 35.5. The number of rotatable bonds is 4. The molecule has 0 spiro atoms. The van der Waals surface area contributed by atoms with E-state index in [4.69, 9.17) is 26.2 Å². The third-order valence-corrected chi connectivity index (χ3v) is 3.53.